The van der Waals surface area contributed by atoms with Crippen molar-refractivity contribution in [2.75, 3.05) is 7.05 Å². The van der Waals surface area contributed by atoms with Crippen molar-refractivity contribution in [3.8, 4) is 0 Å². The first-order chi connectivity index (χ1) is 8.67. The third-order valence-corrected chi connectivity index (χ3v) is 3.00. The van der Waals surface area contributed by atoms with Gasteiger partial charge in [-0.15, -0.1) is 0 Å². The van der Waals surface area contributed by atoms with Gasteiger partial charge in [0.25, 0.3) is 0 Å². The average molecular weight is 243 g/mol. The molecule has 0 aliphatic heterocycles. The molecule has 0 unspecified atom stereocenters. The number of nitrogens with two attached hydrogens (primary N) is 1. The Morgan fingerprint density at radius 1 is 1.28 bits per heavy atom. The summed E-state index contributed by atoms with van der Waals surface area (Å²) in [5.74, 6) is -0.0179. The molecule has 0 bridgehead atoms. The maximum Gasteiger partial charge on any atom is 0.212 e. The van der Waals surface area contributed by atoms with E-state index in [-0.39, 0.29) is 5.78 Å². The maximum atomic E-state index is 11.4. The topological polar surface area (TPSA) is 67.2 Å². The normalized spacial score (nSPS) is 14.6. The molecule has 94 valence electrons. The molecule has 0 fully saturated rings. The van der Waals surface area contributed by atoms with Crippen LogP contribution in [0, 0.1) is 0 Å². The number of allylic oxidation sites excluding steroid dienone is 2. The third-order valence-electron chi connectivity index (χ3n) is 3.00. The number of hydrogen-bond acceptors (Lipinski definition) is 4. The van der Waals surface area contributed by atoms with Gasteiger partial charge in [0.05, 0.1) is 5.70 Å². The molecule has 0 aromatic heterocycles. The molecule has 1 aromatic rings. The molecule has 0 saturated heterocycles. The minimum Gasteiger partial charge on any atom is -0.383 e. The predicted molar refractivity (Wildman–Crippen MR) is 71.4 cm³/mol. The second-order valence-corrected chi connectivity index (χ2v) is 4.19. The highest BCUT2D eigenvalue weighted by Gasteiger charge is 2.30. The number of carbonyl (C=O) groups is 1. The van der Waals surface area contributed by atoms with Crippen LogP contribution in [0.2, 0.25) is 0 Å². The van der Waals surface area contributed by atoms with Crippen LogP contribution in [0.25, 0.3) is 0 Å². The second-order valence-electron chi connectivity index (χ2n) is 4.19. The van der Waals surface area contributed by atoms with E-state index in [9.17, 15) is 4.79 Å². The van der Waals surface area contributed by atoms with Crippen LogP contribution in [-0.4, -0.2) is 12.8 Å². The van der Waals surface area contributed by atoms with Gasteiger partial charge in [0.2, 0.25) is 5.78 Å². The lowest BCUT2D eigenvalue weighted by Crippen LogP contribution is -2.36. The van der Waals surface area contributed by atoms with Gasteiger partial charge >= 0.3 is 0 Å². The number of rotatable bonds is 5. The van der Waals surface area contributed by atoms with Gasteiger partial charge in [0, 0.05) is 25.7 Å². The van der Waals surface area contributed by atoms with E-state index in [1.807, 2.05) is 18.2 Å². The van der Waals surface area contributed by atoms with Crippen molar-refractivity contribution in [2.45, 2.75) is 13.1 Å². The van der Waals surface area contributed by atoms with E-state index in [2.05, 4.69) is 23.3 Å². The molecule has 4 N–H and O–H groups in total. The van der Waals surface area contributed by atoms with Crippen LogP contribution < -0.4 is 16.4 Å². The fourth-order valence-corrected chi connectivity index (χ4v) is 1.96. The monoisotopic (exact) mass is 243 g/mol. The summed E-state index contributed by atoms with van der Waals surface area (Å²) in [7, 11) is 1.73. The van der Waals surface area contributed by atoms with Gasteiger partial charge in [0.15, 0.2) is 0 Å². The molecule has 0 heterocycles. The van der Waals surface area contributed by atoms with Crippen LogP contribution >= 0.6 is 0 Å². The minimum absolute atomic E-state index is 0.0179. The van der Waals surface area contributed by atoms with Crippen LogP contribution in [0.3, 0.4) is 0 Å². The molecule has 0 amide bonds. The SMILES string of the molecule is C=C1C(=O)C(NC)=C1NCc1cccc(CN)c1. The first kappa shape index (κ1) is 12.4. The van der Waals surface area contributed by atoms with Crippen LogP contribution in [-0.2, 0) is 17.9 Å². The number of hydrogen-bond donors (Lipinski definition) is 3. The quantitative estimate of drug-likeness (QED) is 0.669. The zero-order valence-corrected chi connectivity index (χ0v) is 10.4. The van der Waals surface area contributed by atoms with E-state index in [0.717, 1.165) is 16.8 Å². The molecule has 0 radical (unpaired) electrons. The van der Waals surface area contributed by atoms with E-state index in [1.165, 1.54) is 0 Å². The van der Waals surface area contributed by atoms with Gasteiger partial charge in [-0.2, -0.15) is 0 Å². The summed E-state index contributed by atoms with van der Waals surface area (Å²) < 4.78 is 0. The molecule has 0 saturated carbocycles. The molecule has 0 spiro atoms. The van der Waals surface area contributed by atoms with Gasteiger partial charge in [-0.1, -0.05) is 30.8 Å². The first-order valence-corrected chi connectivity index (χ1v) is 5.85. The summed E-state index contributed by atoms with van der Waals surface area (Å²) in [5.41, 5.74) is 9.78. The van der Waals surface area contributed by atoms with Crippen LogP contribution in [0.5, 0.6) is 0 Å². The molecule has 0 atom stereocenters. The molecule has 1 aromatic carbocycles. The highest BCUT2D eigenvalue weighted by molar-refractivity contribution is 6.18. The lowest BCUT2D eigenvalue weighted by atomic mass is 9.93. The summed E-state index contributed by atoms with van der Waals surface area (Å²) in [4.78, 5) is 11.4. The van der Waals surface area contributed by atoms with Crippen LogP contribution in [0.4, 0.5) is 0 Å². The number of ketones is 1. The molecular weight excluding hydrogens is 226 g/mol. The van der Waals surface area contributed by atoms with Gasteiger partial charge in [-0.25, -0.2) is 0 Å². The lowest BCUT2D eigenvalue weighted by Gasteiger charge is -2.25. The number of Topliss-reactive ketones (excluding diaryl/α,β-unsaturated/α-hetero) is 1. The van der Waals surface area contributed by atoms with Gasteiger partial charge in [-0.05, 0) is 11.1 Å². The fraction of sp³-hybridized carbons (Fsp3) is 0.214. The summed E-state index contributed by atoms with van der Waals surface area (Å²) in [5, 5.41) is 6.10. The predicted octanol–water partition coefficient (Wildman–Crippen LogP) is 0.805. The van der Waals surface area contributed by atoms with Crippen LogP contribution in [0.1, 0.15) is 11.1 Å². The van der Waals surface area contributed by atoms with E-state index >= 15 is 0 Å². The second kappa shape index (κ2) is 5.06. The van der Waals surface area contributed by atoms with Crippen molar-refractivity contribution < 1.29 is 4.79 Å². The Morgan fingerprint density at radius 2 is 2.00 bits per heavy atom. The van der Waals surface area contributed by atoms with Crippen molar-refractivity contribution in [2.24, 2.45) is 5.73 Å². The van der Waals surface area contributed by atoms with Gasteiger partial charge in [0.1, 0.15) is 5.70 Å². The molecule has 2 rings (SSSR count). The van der Waals surface area contributed by atoms with E-state index in [0.29, 0.717) is 24.4 Å². The van der Waals surface area contributed by atoms with E-state index in [4.69, 9.17) is 5.73 Å². The number of carbonyl (C=O) groups excluding carboxylic acids is 1. The van der Waals surface area contributed by atoms with Crippen molar-refractivity contribution >= 4 is 5.78 Å². The van der Waals surface area contributed by atoms with E-state index in [1.54, 1.807) is 7.05 Å². The standard InChI is InChI=1S/C14H17N3O/c1-9-12(13(16-2)14(9)18)17-8-11-5-3-4-10(6-11)7-15/h3-6,16-17H,1,7-8,15H2,2H3. The average Bonchev–Trinajstić information content (AvgIpc) is 2.42. The summed E-state index contributed by atoms with van der Waals surface area (Å²) in [6.07, 6.45) is 0. The number of likely N-dealkylation sites (N-methyl/N-ethyl adjacent to an activating group) is 1. The molecule has 1 aliphatic rings. The Morgan fingerprint density at radius 3 is 2.67 bits per heavy atom. The zero-order chi connectivity index (χ0) is 13.1. The van der Waals surface area contributed by atoms with Crippen molar-refractivity contribution in [1.29, 1.82) is 0 Å². The highest BCUT2D eigenvalue weighted by Crippen LogP contribution is 2.24. The van der Waals surface area contributed by atoms with Gasteiger partial charge in [-0.3, -0.25) is 4.79 Å². The number of nitrogens with one attached hydrogen (secondary N) is 2. The van der Waals surface area contributed by atoms with Crippen molar-refractivity contribution in [1.82, 2.24) is 10.6 Å². The molecule has 4 nitrogen and oxygen atoms in total. The minimum atomic E-state index is -0.0179. The van der Waals surface area contributed by atoms with Crippen molar-refractivity contribution in [3.05, 3.63) is 58.9 Å². The molecular formula is C14H17N3O. The Balaban J connectivity index is 2.06. The molecule has 1 aliphatic carbocycles. The smallest absolute Gasteiger partial charge is 0.212 e. The summed E-state index contributed by atoms with van der Waals surface area (Å²) in [6, 6.07) is 8.05. The lowest BCUT2D eigenvalue weighted by molar-refractivity contribution is -0.113. The highest BCUT2D eigenvalue weighted by atomic mass is 16.1. The Labute approximate surface area is 107 Å². The summed E-state index contributed by atoms with van der Waals surface area (Å²) in [6.45, 7) is 4.92. The Kier molecular flexibility index (Phi) is 3.48. The fourth-order valence-electron chi connectivity index (χ4n) is 1.96. The van der Waals surface area contributed by atoms with Crippen LogP contribution in [0.15, 0.2) is 47.8 Å². The Hall–Kier alpha value is -2.07. The third kappa shape index (κ3) is 2.15. The van der Waals surface area contributed by atoms with Gasteiger partial charge < -0.3 is 16.4 Å². The van der Waals surface area contributed by atoms with Crippen molar-refractivity contribution in [3.63, 3.8) is 0 Å². The largest absolute Gasteiger partial charge is 0.383 e. The Bertz CT molecular complexity index is 532. The summed E-state index contributed by atoms with van der Waals surface area (Å²) >= 11 is 0. The maximum absolute atomic E-state index is 11.4. The number of benzene rings is 1. The zero-order valence-electron chi connectivity index (χ0n) is 10.4. The molecule has 4 heteroatoms. The molecule has 18 heavy (non-hydrogen) atoms. The van der Waals surface area contributed by atoms with E-state index < -0.39 is 0 Å². The first-order valence-electron chi connectivity index (χ1n) is 5.85.